The number of fused-ring (bicyclic) bond motifs is 1. The molecule has 1 heterocycles. The lowest BCUT2D eigenvalue weighted by Gasteiger charge is -2.02. The zero-order valence-corrected chi connectivity index (χ0v) is 7.75. The van der Waals surface area contributed by atoms with Crippen LogP contribution in [0.25, 0.3) is 10.2 Å². The van der Waals surface area contributed by atoms with Crippen molar-refractivity contribution < 1.29 is 10.3 Å². The molecule has 5 heteroatoms. The Kier molecular flexibility index (Phi) is 1.82. The summed E-state index contributed by atoms with van der Waals surface area (Å²) in [4.78, 5) is 4.14. The van der Waals surface area contributed by atoms with Crippen molar-refractivity contribution in [3.8, 4) is 5.75 Å². The van der Waals surface area contributed by atoms with Crippen LogP contribution in [0.5, 0.6) is 5.75 Å². The summed E-state index contributed by atoms with van der Waals surface area (Å²) >= 11 is 1.32. The molecule has 0 bridgehead atoms. The summed E-state index contributed by atoms with van der Waals surface area (Å²) in [5.74, 6) is 0.211. The van der Waals surface area contributed by atoms with E-state index in [2.05, 4.69) is 4.98 Å². The Morgan fingerprint density at radius 2 is 2.23 bits per heavy atom. The van der Waals surface area contributed by atoms with Gasteiger partial charge in [-0.25, -0.2) is 10.0 Å². The van der Waals surface area contributed by atoms with E-state index in [4.69, 9.17) is 5.21 Å². The zero-order chi connectivity index (χ0) is 9.42. The quantitative estimate of drug-likeness (QED) is 0.683. The van der Waals surface area contributed by atoms with Gasteiger partial charge in [0.2, 0.25) is 5.13 Å². The molecule has 0 aliphatic rings. The molecule has 2 N–H and O–H groups in total. The highest BCUT2D eigenvalue weighted by molar-refractivity contribution is 7.22. The van der Waals surface area contributed by atoms with Gasteiger partial charge in [-0.1, -0.05) is 11.3 Å². The zero-order valence-electron chi connectivity index (χ0n) is 6.93. The minimum absolute atomic E-state index is 0.211. The number of benzene rings is 1. The number of phenolic OH excluding ortho intramolecular Hbond substituents is 1. The Labute approximate surface area is 78.6 Å². The van der Waals surface area contributed by atoms with Crippen LogP contribution < -0.4 is 5.06 Å². The SMILES string of the molecule is CN(O)c1nc2ccc(O)cc2s1. The largest absolute Gasteiger partial charge is 0.508 e. The van der Waals surface area contributed by atoms with Gasteiger partial charge >= 0.3 is 0 Å². The van der Waals surface area contributed by atoms with E-state index in [1.165, 1.54) is 18.4 Å². The molecule has 0 atom stereocenters. The van der Waals surface area contributed by atoms with Crippen LogP contribution in [-0.4, -0.2) is 22.3 Å². The smallest absolute Gasteiger partial charge is 0.210 e. The molecule has 68 valence electrons. The third kappa shape index (κ3) is 1.43. The summed E-state index contributed by atoms with van der Waals surface area (Å²) in [5, 5.41) is 19.8. The highest BCUT2D eigenvalue weighted by Gasteiger charge is 2.06. The maximum atomic E-state index is 9.18. The molecule has 0 saturated carbocycles. The molecular formula is C8H8N2O2S. The van der Waals surface area contributed by atoms with Gasteiger partial charge in [-0.3, -0.25) is 5.21 Å². The molecule has 1 aromatic carbocycles. The van der Waals surface area contributed by atoms with Crippen molar-refractivity contribution in [2.75, 3.05) is 12.1 Å². The third-order valence-corrected chi connectivity index (χ3v) is 2.72. The number of nitrogens with zero attached hydrogens (tertiary/aromatic N) is 2. The van der Waals surface area contributed by atoms with Gasteiger partial charge in [0.25, 0.3) is 0 Å². The summed E-state index contributed by atoms with van der Waals surface area (Å²) in [5.41, 5.74) is 0.777. The maximum Gasteiger partial charge on any atom is 0.210 e. The molecule has 0 unspecified atom stereocenters. The van der Waals surface area contributed by atoms with Gasteiger partial charge in [-0.2, -0.15) is 0 Å². The number of aromatic nitrogens is 1. The predicted octanol–water partition coefficient (Wildman–Crippen LogP) is 1.83. The number of phenols is 1. The molecule has 0 radical (unpaired) electrons. The van der Waals surface area contributed by atoms with Crippen molar-refractivity contribution in [1.29, 1.82) is 0 Å². The topological polar surface area (TPSA) is 56.6 Å². The molecule has 0 aliphatic heterocycles. The van der Waals surface area contributed by atoms with Crippen molar-refractivity contribution in [3.63, 3.8) is 0 Å². The van der Waals surface area contributed by atoms with E-state index in [1.54, 1.807) is 18.2 Å². The van der Waals surface area contributed by atoms with Crippen molar-refractivity contribution in [3.05, 3.63) is 18.2 Å². The number of hydrogen-bond acceptors (Lipinski definition) is 5. The number of hydrogen-bond donors (Lipinski definition) is 2. The van der Waals surface area contributed by atoms with Crippen molar-refractivity contribution in [1.82, 2.24) is 4.98 Å². The van der Waals surface area contributed by atoms with Crippen molar-refractivity contribution >= 4 is 26.7 Å². The van der Waals surface area contributed by atoms with Gasteiger partial charge in [0.05, 0.1) is 10.2 Å². The molecule has 2 aromatic rings. The molecule has 2 rings (SSSR count). The van der Waals surface area contributed by atoms with Crippen molar-refractivity contribution in [2.45, 2.75) is 0 Å². The molecular weight excluding hydrogens is 188 g/mol. The highest BCUT2D eigenvalue weighted by Crippen LogP contribution is 2.29. The second kappa shape index (κ2) is 2.86. The van der Waals surface area contributed by atoms with E-state index in [-0.39, 0.29) is 5.75 Å². The molecule has 0 fully saturated rings. The third-order valence-electron chi connectivity index (χ3n) is 1.64. The Balaban J connectivity index is 2.62. The normalized spacial score (nSPS) is 10.6. The molecule has 1 aromatic heterocycles. The highest BCUT2D eigenvalue weighted by atomic mass is 32.1. The van der Waals surface area contributed by atoms with E-state index in [0.29, 0.717) is 5.13 Å². The Bertz CT molecular complexity index is 439. The van der Waals surface area contributed by atoms with Crippen LogP contribution in [0, 0.1) is 0 Å². The Hall–Kier alpha value is -1.33. The first-order valence-electron chi connectivity index (χ1n) is 3.69. The Morgan fingerprint density at radius 3 is 2.92 bits per heavy atom. The monoisotopic (exact) mass is 196 g/mol. The lowest BCUT2D eigenvalue weighted by molar-refractivity contribution is 0.279. The number of rotatable bonds is 1. The van der Waals surface area contributed by atoms with Gasteiger partial charge in [-0.15, -0.1) is 0 Å². The number of hydroxylamine groups is 1. The second-order valence-corrected chi connectivity index (χ2v) is 3.68. The van der Waals surface area contributed by atoms with E-state index in [1.807, 2.05) is 0 Å². The average molecular weight is 196 g/mol. The fourth-order valence-electron chi connectivity index (χ4n) is 1.04. The fraction of sp³-hybridized carbons (Fsp3) is 0.125. The first-order chi connectivity index (χ1) is 6.16. The second-order valence-electron chi connectivity index (χ2n) is 2.67. The average Bonchev–Trinajstić information content (AvgIpc) is 2.46. The van der Waals surface area contributed by atoms with E-state index >= 15 is 0 Å². The summed E-state index contributed by atoms with van der Waals surface area (Å²) in [7, 11) is 1.51. The van der Waals surface area contributed by atoms with Crippen LogP contribution in [0.15, 0.2) is 18.2 Å². The fourth-order valence-corrected chi connectivity index (χ4v) is 1.91. The maximum absolute atomic E-state index is 9.18. The van der Waals surface area contributed by atoms with Crippen LogP contribution in [-0.2, 0) is 0 Å². The van der Waals surface area contributed by atoms with Crippen LogP contribution in [0.4, 0.5) is 5.13 Å². The summed E-state index contributed by atoms with van der Waals surface area (Å²) < 4.78 is 0.857. The summed E-state index contributed by atoms with van der Waals surface area (Å²) in [6.07, 6.45) is 0. The Morgan fingerprint density at radius 1 is 1.46 bits per heavy atom. The minimum atomic E-state index is 0.211. The first-order valence-corrected chi connectivity index (χ1v) is 4.50. The number of thiazole rings is 1. The summed E-state index contributed by atoms with van der Waals surface area (Å²) in [6.45, 7) is 0. The van der Waals surface area contributed by atoms with Gasteiger partial charge in [-0.05, 0) is 18.2 Å². The van der Waals surface area contributed by atoms with Crippen LogP contribution in [0.1, 0.15) is 0 Å². The van der Waals surface area contributed by atoms with Gasteiger partial charge in [0, 0.05) is 7.05 Å². The number of anilines is 1. The minimum Gasteiger partial charge on any atom is -0.508 e. The lowest BCUT2D eigenvalue weighted by Crippen LogP contribution is -2.08. The van der Waals surface area contributed by atoms with E-state index in [9.17, 15) is 5.11 Å². The molecule has 0 amide bonds. The van der Waals surface area contributed by atoms with Gasteiger partial charge in [0.1, 0.15) is 5.75 Å². The predicted molar refractivity (Wildman–Crippen MR) is 51.5 cm³/mol. The molecule has 0 saturated heterocycles. The lowest BCUT2D eigenvalue weighted by atomic mass is 10.3. The summed E-state index contributed by atoms with van der Waals surface area (Å²) in [6, 6.07) is 4.91. The molecule has 0 spiro atoms. The van der Waals surface area contributed by atoms with Gasteiger partial charge in [0.15, 0.2) is 0 Å². The molecule has 0 aliphatic carbocycles. The van der Waals surface area contributed by atoms with Crippen LogP contribution >= 0.6 is 11.3 Å². The van der Waals surface area contributed by atoms with E-state index < -0.39 is 0 Å². The van der Waals surface area contributed by atoms with Crippen LogP contribution in [0.3, 0.4) is 0 Å². The van der Waals surface area contributed by atoms with Crippen molar-refractivity contribution in [2.24, 2.45) is 0 Å². The van der Waals surface area contributed by atoms with E-state index in [0.717, 1.165) is 15.3 Å². The molecule has 4 nitrogen and oxygen atoms in total. The molecule has 13 heavy (non-hydrogen) atoms. The number of aromatic hydroxyl groups is 1. The standard InChI is InChI=1S/C8H8N2O2S/c1-10(12)8-9-6-3-2-5(11)4-7(6)13-8/h2-4,11-12H,1H3. The first kappa shape index (κ1) is 8.28. The van der Waals surface area contributed by atoms with Gasteiger partial charge < -0.3 is 5.11 Å². The van der Waals surface area contributed by atoms with Crippen LogP contribution in [0.2, 0.25) is 0 Å².